The lowest BCUT2D eigenvalue weighted by Gasteiger charge is -2.11. The van der Waals surface area contributed by atoms with Crippen LogP contribution in [0.3, 0.4) is 0 Å². The van der Waals surface area contributed by atoms with Gasteiger partial charge in [-0.2, -0.15) is 0 Å². The smallest absolute Gasteiger partial charge is 0.271 e. The molecule has 7 heteroatoms. The maximum Gasteiger partial charge on any atom is 0.271 e. The molecule has 6 nitrogen and oxygen atoms in total. The third kappa shape index (κ3) is 4.53. The number of rotatable bonds is 5. The fourth-order valence-corrected chi connectivity index (χ4v) is 2.41. The highest BCUT2D eigenvalue weighted by molar-refractivity contribution is 9.10. The van der Waals surface area contributed by atoms with Gasteiger partial charge in [-0.25, -0.2) is 0 Å². The molecule has 0 aromatic heterocycles. The van der Waals surface area contributed by atoms with E-state index in [0.717, 1.165) is 15.6 Å². The fourth-order valence-electron chi connectivity index (χ4n) is 1.95. The molecule has 2 rings (SSSR count). The molecule has 0 aliphatic heterocycles. The molecule has 120 valence electrons. The molecule has 0 saturated heterocycles. The Morgan fingerprint density at radius 3 is 2.70 bits per heavy atom. The van der Waals surface area contributed by atoms with E-state index in [9.17, 15) is 14.9 Å². The fraction of sp³-hybridized carbons (Fsp3) is 0.188. The van der Waals surface area contributed by atoms with E-state index in [1.54, 1.807) is 6.07 Å². The number of nitro benzene ring substituents is 1. The van der Waals surface area contributed by atoms with Gasteiger partial charge in [-0.1, -0.05) is 22.0 Å². The van der Waals surface area contributed by atoms with Crippen molar-refractivity contribution in [3.05, 3.63) is 62.1 Å². The summed E-state index contributed by atoms with van der Waals surface area (Å²) in [5.41, 5.74) is 2.19. The van der Waals surface area contributed by atoms with E-state index in [4.69, 9.17) is 4.74 Å². The van der Waals surface area contributed by atoms with Crippen LogP contribution in [0.5, 0.6) is 5.75 Å². The summed E-state index contributed by atoms with van der Waals surface area (Å²) in [4.78, 5) is 22.1. The van der Waals surface area contributed by atoms with Crippen molar-refractivity contribution < 1.29 is 14.5 Å². The van der Waals surface area contributed by atoms with Crippen LogP contribution < -0.4 is 10.1 Å². The SMILES string of the molecule is Cc1cc(OCC(=O)Nc2cccc([N+](=O)[O-])c2)c(C)cc1Br. The Kier molecular flexibility index (Phi) is 5.33. The number of ether oxygens (including phenoxy) is 1. The van der Waals surface area contributed by atoms with E-state index in [-0.39, 0.29) is 18.2 Å². The van der Waals surface area contributed by atoms with Crippen molar-refractivity contribution in [2.75, 3.05) is 11.9 Å². The molecule has 1 amide bonds. The highest BCUT2D eigenvalue weighted by Crippen LogP contribution is 2.26. The molecule has 0 fully saturated rings. The number of aryl methyl sites for hydroxylation is 2. The second-order valence-corrected chi connectivity index (χ2v) is 5.87. The highest BCUT2D eigenvalue weighted by Gasteiger charge is 2.10. The Hall–Kier alpha value is -2.41. The van der Waals surface area contributed by atoms with E-state index in [0.29, 0.717) is 11.4 Å². The van der Waals surface area contributed by atoms with Crippen molar-refractivity contribution in [2.45, 2.75) is 13.8 Å². The minimum atomic E-state index is -0.514. The molecule has 1 N–H and O–H groups in total. The minimum absolute atomic E-state index is 0.0805. The van der Waals surface area contributed by atoms with E-state index in [1.807, 2.05) is 26.0 Å². The molecular formula is C16H15BrN2O4. The van der Waals surface area contributed by atoms with E-state index in [1.165, 1.54) is 18.2 Å². The molecule has 0 aliphatic carbocycles. The maximum atomic E-state index is 11.9. The predicted octanol–water partition coefficient (Wildman–Crippen LogP) is 3.99. The monoisotopic (exact) mass is 378 g/mol. The molecule has 0 aliphatic rings. The quantitative estimate of drug-likeness (QED) is 0.629. The minimum Gasteiger partial charge on any atom is -0.483 e. The normalized spacial score (nSPS) is 10.2. The van der Waals surface area contributed by atoms with Gasteiger partial charge in [0.2, 0.25) is 0 Å². The Labute approximate surface area is 141 Å². The Morgan fingerprint density at radius 1 is 1.26 bits per heavy atom. The van der Waals surface area contributed by atoms with E-state index >= 15 is 0 Å². The van der Waals surface area contributed by atoms with Gasteiger partial charge in [0.05, 0.1) is 4.92 Å². The topological polar surface area (TPSA) is 81.5 Å². The molecule has 0 bridgehead atoms. The van der Waals surface area contributed by atoms with Crippen LogP contribution in [0.4, 0.5) is 11.4 Å². The van der Waals surface area contributed by atoms with Crippen molar-refractivity contribution in [3.8, 4) is 5.75 Å². The highest BCUT2D eigenvalue weighted by atomic mass is 79.9. The second kappa shape index (κ2) is 7.23. The number of non-ortho nitro benzene ring substituents is 1. The molecule has 0 atom stereocenters. The summed E-state index contributed by atoms with van der Waals surface area (Å²) in [6, 6.07) is 9.52. The van der Waals surface area contributed by atoms with Gasteiger partial charge in [0, 0.05) is 22.3 Å². The van der Waals surface area contributed by atoms with Crippen molar-refractivity contribution in [1.29, 1.82) is 0 Å². The van der Waals surface area contributed by atoms with Crippen molar-refractivity contribution >= 4 is 33.2 Å². The number of halogens is 1. The summed E-state index contributed by atoms with van der Waals surface area (Å²) in [5, 5.41) is 13.3. The zero-order chi connectivity index (χ0) is 17.0. The van der Waals surface area contributed by atoms with Crippen LogP contribution in [0.15, 0.2) is 40.9 Å². The summed E-state index contributed by atoms with van der Waals surface area (Å²) >= 11 is 3.43. The number of nitro groups is 1. The number of hydrogen-bond acceptors (Lipinski definition) is 4. The number of nitrogens with zero attached hydrogens (tertiary/aromatic N) is 1. The first-order valence-corrected chi connectivity index (χ1v) is 7.60. The number of carbonyl (C=O) groups excluding carboxylic acids is 1. The van der Waals surface area contributed by atoms with Crippen LogP contribution in [-0.2, 0) is 4.79 Å². The first-order chi connectivity index (χ1) is 10.9. The van der Waals surface area contributed by atoms with Gasteiger partial charge in [-0.15, -0.1) is 0 Å². The first kappa shape index (κ1) is 17.0. The average molecular weight is 379 g/mol. The molecule has 0 radical (unpaired) electrons. The Bertz CT molecular complexity index is 762. The van der Waals surface area contributed by atoms with Crippen LogP contribution >= 0.6 is 15.9 Å². The summed E-state index contributed by atoms with van der Waals surface area (Å²) in [6.07, 6.45) is 0. The van der Waals surface area contributed by atoms with Crippen molar-refractivity contribution in [1.82, 2.24) is 0 Å². The van der Waals surface area contributed by atoms with Gasteiger partial charge in [0.25, 0.3) is 11.6 Å². The van der Waals surface area contributed by atoms with E-state index < -0.39 is 4.92 Å². The summed E-state index contributed by atoms with van der Waals surface area (Å²) in [5.74, 6) is 0.241. The lowest BCUT2D eigenvalue weighted by molar-refractivity contribution is -0.384. The maximum absolute atomic E-state index is 11.9. The molecule has 23 heavy (non-hydrogen) atoms. The molecular weight excluding hydrogens is 364 g/mol. The van der Waals surface area contributed by atoms with Gasteiger partial charge >= 0.3 is 0 Å². The zero-order valence-electron chi connectivity index (χ0n) is 12.6. The number of benzene rings is 2. The number of nitrogens with one attached hydrogen (secondary N) is 1. The van der Waals surface area contributed by atoms with Crippen molar-refractivity contribution in [3.63, 3.8) is 0 Å². The van der Waals surface area contributed by atoms with Gasteiger partial charge in [0.15, 0.2) is 6.61 Å². The third-order valence-corrected chi connectivity index (χ3v) is 4.01. The Balaban J connectivity index is 1.99. The summed E-state index contributed by atoms with van der Waals surface area (Å²) in [6.45, 7) is 3.64. The third-order valence-electron chi connectivity index (χ3n) is 3.16. The predicted molar refractivity (Wildman–Crippen MR) is 90.8 cm³/mol. The van der Waals surface area contributed by atoms with Gasteiger partial charge in [-0.05, 0) is 43.2 Å². The molecule has 2 aromatic rings. The number of amides is 1. The molecule has 0 saturated carbocycles. The second-order valence-electron chi connectivity index (χ2n) is 5.01. The number of carbonyl (C=O) groups is 1. The van der Waals surface area contributed by atoms with Crippen LogP contribution in [-0.4, -0.2) is 17.4 Å². The van der Waals surface area contributed by atoms with Crippen LogP contribution in [0, 0.1) is 24.0 Å². The summed E-state index contributed by atoms with van der Waals surface area (Å²) < 4.78 is 6.49. The zero-order valence-corrected chi connectivity index (χ0v) is 14.2. The largest absolute Gasteiger partial charge is 0.483 e. The number of hydrogen-bond donors (Lipinski definition) is 1. The molecule has 0 spiro atoms. The van der Waals surface area contributed by atoms with E-state index in [2.05, 4.69) is 21.2 Å². The van der Waals surface area contributed by atoms with Gasteiger partial charge < -0.3 is 10.1 Å². The lowest BCUT2D eigenvalue weighted by Crippen LogP contribution is -2.20. The van der Waals surface area contributed by atoms with Crippen LogP contribution in [0.1, 0.15) is 11.1 Å². The van der Waals surface area contributed by atoms with Crippen LogP contribution in [0.2, 0.25) is 0 Å². The molecule has 0 unspecified atom stereocenters. The standard InChI is InChI=1S/C16H15BrN2O4/c1-10-7-15(11(2)6-14(10)17)23-9-16(20)18-12-4-3-5-13(8-12)19(21)22/h3-8H,9H2,1-2H3,(H,18,20). The number of anilines is 1. The van der Waals surface area contributed by atoms with Gasteiger partial charge in [0.1, 0.15) is 5.75 Å². The summed E-state index contributed by atoms with van der Waals surface area (Å²) in [7, 11) is 0. The lowest BCUT2D eigenvalue weighted by atomic mass is 10.1. The molecule has 0 heterocycles. The molecule has 2 aromatic carbocycles. The van der Waals surface area contributed by atoms with Gasteiger partial charge in [-0.3, -0.25) is 14.9 Å². The Morgan fingerprint density at radius 2 is 2.00 bits per heavy atom. The van der Waals surface area contributed by atoms with Crippen LogP contribution in [0.25, 0.3) is 0 Å². The van der Waals surface area contributed by atoms with Crippen molar-refractivity contribution in [2.24, 2.45) is 0 Å². The first-order valence-electron chi connectivity index (χ1n) is 6.80. The average Bonchev–Trinajstić information content (AvgIpc) is 2.50.